The summed E-state index contributed by atoms with van der Waals surface area (Å²) < 4.78 is 34.5. The van der Waals surface area contributed by atoms with E-state index in [1.165, 1.54) is 0 Å². The van der Waals surface area contributed by atoms with E-state index in [-0.39, 0.29) is 97.4 Å². The van der Waals surface area contributed by atoms with Crippen LogP contribution in [-0.4, -0.2) is 38.3 Å². The van der Waals surface area contributed by atoms with E-state index < -0.39 is 16.7 Å². The van der Waals surface area contributed by atoms with Crippen molar-refractivity contribution in [2.24, 2.45) is 0 Å². The second-order valence-electron chi connectivity index (χ2n) is 0.408. The van der Waals surface area contributed by atoms with E-state index in [9.17, 15) is 0 Å². The second kappa shape index (κ2) is 46.1. The maximum atomic E-state index is 8.63. The zero-order valence-electron chi connectivity index (χ0n) is 7.54. The fourth-order valence-electron chi connectivity index (χ4n) is 0. The van der Waals surface area contributed by atoms with Gasteiger partial charge in [0.15, 0.2) is 0 Å². The van der Waals surface area contributed by atoms with Crippen molar-refractivity contribution < 1.29 is 129 Å². The van der Waals surface area contributed by atoms with Gasteiger partial charge in [-0.05, 0) is 0 Å². The van der Waals surface area contributed by atoms with Gasteiger partial charge in [-0.1, -0.05) is 0 Å². The maximum absolute atomic E-state index is 8.63. The zero-order valence-corrected chi connectivity index (χ0v) is 13.5. The molecule has 0 aromatic heterocycles. The van der Waals surface area contributed by atoms with Gasteiger partial charge in [-0.2, -0.15) is 0 Å². The number of hydrogen-bond acceptors (Lipinski definition) is 4. The molecule has 0 spiro atoms. The second-order valence-corrected chi connectivity index (χ2v) is 2.42. The molecule has 0 unspecified atom stereocenters. The van der Waals surface area contributed by atoms with Crippen molar-refractivity contribution in [2.45, 2.75) is 0 Å². The molecule has 0 aliphatic heterocycles. The summed E-state index contributed by atoms with van der Waals surface area (Å²) in [6, 6.07) is 0. The van der Waals surface area contributed by atoms with E-state index in [0.717, 1.165) is 0 Å². The van der Waals surface area contributed by atoms with Crippen molar-refractivity contribution in [1.82, 2.24) is 0 Å². The van der Waals surface area contributed by atoms with Crippen LogP contribution in [0.25, 0.3) is 0 Å². The molecular formula is H14MoNa2O11. The first-order valence-corrected chi connectivity index (χ1v) is 3.94. The van der Waals surface area contributed by atoms with E-state index in [2.05, 4.69) is 0 Å². The van der Waals surface area contributed by atoms with Gasteiger partial charge in [-0.15, -0.1) is 0 Å². The van der Waals surface area contributed by atoms with Gasteiger partial charge in [0.1, 0.15) is 0 Å². The van der Waals surface area contributed by atoms with E-state index in [1.807, 2.05) is 0 Å². The van der Waals surface area contributed by atoms with Crippen molar-refractivity contribution >= 4 is 0 Å². The standard InChI is InChI=1S/Mo.2Na.7H2O.4O/h;;;7*1H2;;;;/q;2*+1;;;;;;;;;;2*-1. The summed E-state index contributed by atoms with van der Waals surface area (Å²) in [5, 5.41) is 0. The van der Waals surface area contributed by atoms with Gasteiger partial charge in [0.05, 0.1) is 0 Å². The van der Waals surface area contributed by atoms with E-state index in [1.54, 1.807) is 0 Å². The van der Waals surface area contributed by atoms with Crippen molar-refractivity contribution in [3.8, 4) is 0 Å². The van der Waals surface area contributed by atoms with Gasteiger partial charge in [-0.25, -0.2) is 0 Å². The third-order valence-electron chi connectivity index (χ3n) is 0. The van der Waals surface area contributed by atoms with Gasteiger partial charge < -0.3 is 38.3 Å². The van der Waals surface area contributed by atoms with Gasteiger partial charge in [0.2, 0.25) is 0 Å². The Balaban J connectivity index is -0.00000000222. The third kappa shape index (κ3) is 626. The van der Waals surface area contributed by atoms with E-state index in [4.69, 9.17) is 14.3 Å². The van der Waals surface area contributed by atoms with E-state index in [0.29, 0.717) is 0 Å². The Morgan fingerprint density at radius 3 is 0.571 bits per heavy atom. The van der Waals surface area contributed by atoms with Gasteiger partial charge in [0, 0.05) is 0 Å². The normalized spacial score (nSPS) is 4.14. The Morgan fingerprint density at radius 2 is 0.571 bits per heavy atom. The minimum atomic E-state index is -6.02. The molecule has 0 aromatic rings. The number of hydrogen-bond donors (Lipinski definition) is 0. The molecule has 0 aliphatic carbocycles. The molecule has 0 heterocycles. The van der Waals surface area contributed by atoms with Gasteiger partial charge in [0.25, 0.3) is 0 Å². The first-order chi connectivity index (χ1) is 2.00. The van der Waals surface area contributed by atoms with Gasteiger partial charge in [-0.3, -0.25) is 0 Å². The first kappa shape index (κ1) is 101. The fraction of sp³-hybridized carbons (Fsp3) is 0. The third-order valence-corrected chi connectivity index (χ3v) is 0. The molecule has 0 aliphatic rings. The SMILES string of the molecule is O.O.O.O.O.O.O.[Na+].[Na+].[O]=[Mo](=[O])([O-])[O-]. The van der Waals surface area contributed by atoms with Crippen molar-refractivity contribution in [3.05, 3.63) is 0 Å². The van der Waals surface area contributed by atoms with Crippen molar-refractivity contribution in [1.29, 1.82) is 0 Å². The minimum absolute atomic E-state index is 0. The Kier molecular flexibility index (Phi) is 332. The average molecular weight is 332 g/mol. The monoisotopic (exact) mass is 334 g/mol. The molecule has 14 heavy (non-hydrogen) atoms. The molecule has 88 valence electrons. The summed E-state index contributed by atoms with van der Waals surface area (Å²) in [7, 11) is 0. The predicted octanol–water partition coefficient (Wildman–Crippen LogP) is -14.4. The fourth-order valence-corrected chi connectivity index (χ4v) is 0. The van der Waals surface area contributed by atoms with E-state index >= 15 is 0 Å². The molecule has 0 saturated heterocycles. The van der Waals surface area contributed by atoms with Crippen molar-refractivity contribution in [2.75, 3.05) is 0 Å². The zero-order chi connectivity index (χ0) is 4.50. The predicted molar refractivity (Wildman–Crippen MR) is 26.7 cm³/mol. The molecule has 11 nitrogen and oxygen atoms in total. The van der Waals surface area contributed by atoms with Crippen molar-refractivity contribution in [3.63, 3.8) is 0 Å². The molecule has 0 atom stereocenters. The molecule has 0 bridgehead atoms. The molecule has 14 N–H and O–H groups in total. The van der Waals surface area contributed by atoms with Crippen LogP contribution in [0.15, 0.2) is 0 Å². The molecule has 0 saturated carbocycles. The molecule has 0 rings (SSSR count). The quantitative estimate of drug-likeness (QED) is 0.389. The average Bonchev–Trinajstić information content (AvgIpc) is 0.722. The molecule has 0 amide bonds. The van der Waals surface area contributed by atoms with Crippen LogP contribution in [0.2, 0.25) is 0 Å². The molecule has 14 heteroatoms. The van der Waals surface area contributed by atoms with Crippen LogP contribution in [0.1, 0.15) is 0 Å². The Bertz CT molecular complexity index is 96.5. The molecular weight excluding hydrogens is 318 g/mol. The molecule has 0 radical (unpaired) electrons. The van der Waals surface area contributed by atoms with Crippen LogP contribution in [-0.2, 0) is 23.5 Å². The van der Waals surface area contributed by atoms with Crippen LogP contribution < -0.4 is 66.6 Å². The van der Waals surface area contributed by atoms with Crippen LogP contribution >= 0.6 is 0 Å². The summed E-state index contributed by atoms with van der Waals surface area (Å²) >= 11 is -6.02. The summed E-state index contributed by atoms with van der Waals surface area (Å²) in [6.07, 6.45) is 0. The summed E-state index contributed by atoms with van der Waals surface area (Å²) in [5.74, 6) is 0. The van der Waals surface area contributed by atoms with Crippen LogP contribution in [0, 0.1) is 0 Å². The Morgan fingerprint density at radius 1 is 0.571 bits per heavy atom. The first-order valence-electron chi connectivity index (χ1n) is 0.667. The molecule has 0 aromatic carbocycles. The summed E-state index contributed by atoms with van der Waals surface area (Å²) in [6.45, 7) is 0. The number of rotatable bonds is 0. The Labute approximate surface area is 127 Å². The molecule has 0 fully saturated rings. The topological polar surface area (TPSA) is 301 Å². The van der Waals surface area contributed by atoms with Crippen LogP contribution in [0.4, 0.5) is 0 Å². The van der Waals surface area contributed by atoms with Gasteiger partial charge >= 0.3 is 90.2 Å². The summed E-state index contributed by atoms with van der Waals surface area (Å²) in [5.41, 5.74) is 0. The Hall–Kier alpha value is 1.93. The summed E-state index contributed by atoms with van der Waals surface area (Å²) in [4.78, 5) is 0. The van der Waals surface area contributed by atoms with Crippen LogP contribution in [0.5, 0.6) is 0 Å². The van der Waals surface area contributed by atoms with Crippen LogP contribution in [0.3, 0.4) is 0 Å².